The summed E-state index contributed by atoms with van der Waals surface area (Å²) >= 11 is 0. The average molecular weight is 445 g/mol. The number of halogens is 3. The molecule has 2 rings (SSSR count). The van der Waals surface area contributed by atoms with Gasteiger partial charge in [-0.05, 0) is 37.0 Å². The summed E-state index contributed by atoms with van der Waals surface area (Å²) < 4.78 is 52.1. The lowest BCUT2D eigenvalue weighted by Crippen LogP contribution is -2.39. The Morgan fingerprint density at radius 3 is 2.52 bits per heavy atom. The van der Waals surface area contributed by atoms with Gasteiger partial charge in [-0.3, -0.25) is 4.99 Å². The van der Waals surface area contributed by atoms with E-state index in [1.165, 1.54) is 12.1 Å². The topological polar surface area (TPSA) is 58.1 Å². The Morgan fingerprint density at radius 1 is 1.23 bits per heavy atom. The van der Waals surface area contributed by atoms with Crippen LogP contribution in [0.5, 0.6) is 0 Å². The van der Waals surface area contributed by atoms with Crippen molar-refractivity contribution in [3.05, 3.63) is 29.3 Å². The van der Waals surface area contributed by atoms with E-state index < -0.39 is 11.7 Å². The molecule has 1 saturated heterocycles. The van der Waals surface area contributed by atoms with Crippen molar-refractivity contribution in [2.24, 2.45) is 10.9 Å². The van der Waals surface area contributed by atoms with E-state index in [2.05, 4.69) is 29.5 Å². The van der Waals surface area contributed by atoms with E-state index in [9.17, 15) is 13.2 Å². The Kier molecular flexibility index (Phi) is 9.90. The van der Waals surface area contributed by atoms with Crippen LogP contribution in [0.1, 0.15) is 38.3 Å². The smallest absolute Gasteiger partial charge is 0.378 e. The summed E-state index contributed by atoms with van der Waals surface area (Å²) in [5, 5.41) is 6.16. The molecule has 0 aromatic heterocycles. The van der Waals surface area contributed by atoms with Crippen molar-refractivity contribution in [3.8, 4) is 0 Å². The first-order chi connectivity index (χ1) is 14.8. The number of anilines is 1. The van der Waals surface area contributed by atoms with Crippen LogP contribution in [0.15, 0.2) is 23.2 Å². The highest BCUT2D eigenvalue weighted by molar-refractivity contribution is 5.79. The number of aliphatic imine (C=N–C) groups is 1. The predicted molar refractivity (Wildman–Crippen MR) is 118 cm³/mol. The third-order valence-corrected chi connectivity index (χ3v) is 5.29. The monoisotopic (exact) mass is 444 g/mol. The van der Waals surface area contributed by atoms with Gasteiger partial charge in [-0.25, -0.2) is 0 Å². The van der Waals surface area contributed by atoms with E-state index in [1.807, 2.05) is 11.8 Å². The third kappa shape index (κ3) is 7.88. The minimum atomic E-state index is -4.43. The number of hydrogen-bond acceptors (Lipinski definition) is 4. The minimum Gasteiger partial charge on any atom is -0.378 e. The van der Waals surface area contributed by atoms with Gasteiger partial charge in [0.15, 0.2) is 5.96 Å². The van der Waals surface area contributed by atoms with E-state index >= 15 is 0 Å². The fourth-order valence-electron chi connectivity index (χ4n) is 3.56. The van der Waals surface area contributed by atoms with E-state index in [-0.39, 0.29) is 18.2 Å². The summed E-state index contributed by atoms with van der Waals surface area (Å²) in [5.74, 6) is 0.848. The number of nitrogens with zero attached hydrogens (tertiary/aromatic N) is 2. The summed E-state index contributed by atoms with van der Waals surface area (Å²) in [4.78, 5) is 6.04. The van der Waals surface area contributed by atoms with Crippen LogP contribution in [0.2, 0.25) is 0 Å². The summed E-state index contributed by atoms with van der Waals surface area (Å²) in [6.45, 7) is 9.68. The molecule has 0 aliphatic carbocycles. The molecule has 0 spiro atoms. The molecule has 1 atom stereocenters. The second-order valence-electron chi connectivity index (χ2n) is 7.82. The van der Waals surface area contributed by atoms with Gasteiger partial charge in [0.05, 0.1) is 24.9 Å². The first-order valence-corrected chi connectivity index (χ1v) is 10.8. The standard InChI is InChI=1S/C22H35F3N4O2/c1-5-31-20(16(2)3)8-9-27-21(26-4)28-15-17-6-7-18(14-19(17)22(23,24)25)29-10-12-30-13-11-29/h6-7,14,16,20H,5,8-13,15H2,1-4H3,(H2,26,27,28). The first kappa shape index (κ1) is 25.3. The van der Waals surface area contributed by atoms with E-state index in [0.29, 0.717) is 57.0 Å². The minimum absolute atomic E-state index is 0.0248. The largest absolute Gasteiger partial charge is 0.416 e. The van der Waals surface area contributed by atoms with Crippen molar-refractivity contribution in [1.29, 1.82) is 0 Å². The number of morpholine rings is 1. The van der Waals surface area contributed by atoms with Gasteiger partial charge in [-0.15, -0.1) is 0 Å². The van der Waals surface area contributed by atoms with Crippen molar-refractivity contribution in [3.63, 3.8) is 0 Å². The summed E-state index contributed by atoms with van der Waals surface area (Å²) in [6.07, 6.45) is -3.52. The van der Waals surface area contributed by atoms with Crippen LogP contribution in [-0.2, 0) is 22.2 Å². The summed E-state index contributed by atoms with van der Waals surface area (Å²) in [5.41, 5.74) is 0.120. The van der Waals surface area contributed by atoms with E-state index in [4.69, 9.17) is 9.47 Å². The lowest BCUT2D eigenvalue weighted by atomic mass is 10.0. The molecule has 1 aliphatic heterocycles. The molecule has 1 aliphatic rings. The zero-order valence-corrected chi connectivity index (χ0v) is 18.9. The Hall–Kier alpha value is -2.00. The van der Waals surface area contributed by atoms with Gasteiger partial charge in [0.1, 0.15) is 0 Å². The molecule has 1 aromatic carbocycles. The van der Waals surface area contributed by atoms with Gasteiger partial charge in [0, 0.05) is 45.5 Å². The SMILES string of the molecule is CCOC(CCNC(=NC)NCc1ccc(N2CCOCC2)cc1C(F)(F)F)C(C)C. The molecule has 9 heteroatoms. The fourth-order valence-corrected chi connectivity index (χ4v) is 3.56. The highest BCUT2D eigenvalue weighted by Crippen LogP contribution is 2.35. The lowest BCUT2D eigenvalue weighted by Gasteiger charge is -2.29. The number of ether oxygens (including phenoxy) is 2. The molecular formula is C22H35F3N4O2. The number of benzene rings is 1. The number of guanidine groups is 1. The molecule has 176 valence electrons. The number of rotatable bonds is 9. The highest BCUT2D eigenvalue weighted by Gasteiger charge is 2.34. The van der Waals surface area contributed by atoms with Gasteiger partial charge < -0.3 is 25.0 Å². The number of alkyl halides is 3. The summed E-state index contributed by atoms with van der Waals surface area (Å²) in [7, 11) is 1.60. The molecule has 1 aromatic rings. The molecule has 31 heavy (non-hydrogen) atoms. The van der Waals surface area contributed by atoms with E-state index in [1.54, 1.807) is 13.1 Å². The average Bonchev–Trinajstić information content (AvgIpc) is 2.75. The molecular weight excluding hydrogens is 409 g/mol. The Labute approximate surface area is 183 Å². The Morgan fingerprint density at radius 2 is 1.94 bits per heavy atom. The maximum Gasteiger partial charge on any atom is 0.416 e. The maximum atomic E-state index is 13.7. The number of hydrogen-bond donors (Lipinski definition) is 2. The van der Waals surface area contributed by atoms with Crippen LogP contribution in [0.4, 0.5) is 18.9 Å². The molecule has 2 N–H and O–H groups in total. The Bertz CT molecular complexity index is 704. The molecule has 0 radical (unpaired) electrons. The van der Waals surface area contributed by atoms with Crippen molar-refractivity contribution < 1.29 is 22.6 Å². The van der Waals surface area contributed by atoms with Crippen LogP contribution in [0.25, 0.3) is 0 Å². The van der Waals surface area contributed by atoms with Gasteiger partial charge in [-0.1, -0.05) is 19.9 Å². The normalized spacial score (nSPS) is 16.5. The van der Waals surface area contributed by atoms with Crippen molar-refractivity contribution >= 4 is 11.6 Å². The van der Waals surface area contributed by atoms with Crippen molar-refractivity contribution in [2.45, 2.75) is 46.0 Å². The van der Waals surface area contributed by atoms with Gasteiger partial charge in [-0.2, -0.15) is 13.2 Å². The lowest BCUT2D eigenvalue weighted by molar-refractivity contribution is -0.138. The van der Waals surface area contributed by atoms with Gasteiger partial charge >= 0.3 is 6.18 Å². The fraction of sp³-hybridized carbons (Fsp3) is 0.682. The first-order valence-electron chi connectivity index (χ1n) is 10.8. The molecule has 6 nitrogen and oxygen atoms in total. The second kappa shape index (κ2) is 12.1. The van der Waals surface area contributed by atoms with Crippen molar-refractivity contribution in [2.75, 3.05) is 51.4 Å². The van der Waals surface area contributed by atoms with Crippen LogP contribution < -0.4 is 15.5 Å². The second-order valence-corrected chi connectivity index (χ2v) is 7.82. The van der Waals surface area contributed by atoms with Crippen LogP contribution in [-0.4, -0.2) is 58.6 Å². The van der Waals surface area contributed by atoms with Gasteiger partial charge in [0.2, 0.25) is 0 Å². The molecule has 1 unspecified atom stereocenters. The van der Waals surface area contributed by atoms with Gasteiger partial charge in [0.25, 0.3) is 0 Å². The Balaban J connectivity index is 2.00. The zero-order valence-electron chi connectivity index (χ0n) is 18.9. The maximum absolute atomic E-state index is 13.7. The van der Waals surface area contributed by atoms with Crippen LogP contribution >= 0.6 is 0 Å². The molecule has 1 heterocycles. The molecule has 0 amide bonds. The zero-order chi connectivity index (χ0) is 22.9. The quantitative estimate of drug-likeness (QED) is 0.450. The third-order valence-electron chi connectivity index (χ3n) is 5.29. The van der Waals surface area contributed by atoms with Crippen LogP contribution in [0, 0.1) is 5.92 Å². The number of nitrogens with one attached hydrogen (secondary N) is 2. The van der Waals surface area contributed by atoms with Crippen molar-refractivity contribution in [1.82, 2.24) is 10.6 Å². The van der Waals surface area contributed by atoms with E-state index in [0.717, 1.165) is 6.42 Å². The van der Waals surface area contributed by atoms with Crippen LogP contribution in [0.3, 0.4) is 0 Å². The highest BCUT2D eigenvalue weighted by atomic mass is 19.4. The molecule has 1 fully saturated rings. The summed E-state index contributed by atoms with van der Waals surface area (Å²) in [6, 6.07) is 4.51. The molecule has 0 bridgehead atoms. The predicted octanol–water partition coefficient (Wildman–Crippen LogP) is 3.66. The molecule has 0 saturated carbocycles.